The molecule has 0 N–H and O–H groups in total. The van der Waals surface area contributed by atoms with E-state index in [4.69, 9.17) is 0 Å². The third kappa shape index (κ3) is 3.79. The van der Waals surface area contributed by atoms with Crippen LogP contribution in [0.4, 0.5) is 17.1 Å². The zero-order valence-electron chi connectivity index (χ0n) is 26.4. The Balaban J connectivity index is 1.14. The lowest BCUT2D eigenvalue weighted by Crippen LogP contribution is -2.58. The van der Waals surface area contributed by atoms with Gasteiger partial charge in [-0.2, -0.15) is 0 Å². The van der Waals surface area contributed by atoms with Crippen molar-refractivity contribution in [2.75, 3.05) is 9.80 Å². The Morgan fingerprint density at radius 2 is 1.28 bits per heavy atom. The summed E-state index contributed by atoms with van der Waals surface area (Å²) < 4.78 is 0. The summed E-state index contributed by atoms with van der Waals surface area (Å²) in [5.41, 5.74) is 12.9. The van der Waals surface area contributed by atoms with Gasteiger partial charge in [0.2, 0.25) is 0 Å². The second-order valence-corrected chi connectivity index (χ2v) is 13.4. The van der Waals surface area contributed by atoms with Crippen molar-refractivity contribution in [3.05, 3.63) is 180 Å². The van der Waals surface area contributed by atoms with Crippen LogP contribution in [-0.2, 0) is 0 Å². The van der Waals surface area contributed by atoms with Gasteiger partial charge in [0.1, 0.15) is 0 Å². The molecule has 0 fully saturated rings. The summed E-state index contributed by atoms with van der Waals surface area (Å²) in [5.74, 6) is 0. The molecule has 0 saturated heterocycles. The number of benzene rings is 6. The highest BCUT2D eigenvalue weighted by molar-refractivity contribution is 5.99. The number of anilines is 3. The van der Waals surface area contributed by atoms with Gasteiger partial charge in [0.05, 0.1) is 11.6 Å². The largest absolute Gasteiger partial charge is 0.332 e. The van der Waals surface area contributed by atoms with Gasteiger partial charge in [0, 0.05) is 28.3 Å². The van der Waals surface area contributed by atoms with Crippen molar-refractivity contribution in [1.29, 1.82) is 0 Å². The van der Waals surface area contributed by atoms with Crippen LogP contribution in [0.25, 0.3) is 38.2 Å². The summed E-state index contributed by atoms with van der Waals surface area (Å²) in [4.78, 5) is 5.32. The highest BCUT2D eigenvalue weighted by atomic mass is 15.3. The van der Waals surface area contributed by atoms with E-state index in [9.17, 15) is 0 Å². The van der Waals surface area contributed by atoms with Crippen LogP contribution in [0.3, 0.4) is 0 Å². The Morgan fingerprint density at radius 3 is 2.09 bits per heavy atom. The van der Waals surface area contributed by atoms with Crippen molar-refractivity contribution in [2.45, 2.75) is 31.3 Å². The van der Waals surface area contributed by atoms with Crippen molar-refractivity contribution in [2.24, 2.45) is 0 Å². The predicted octanol–water partition coefficient (Wildman–Crippen LogP) is 11.4. The molecule has 6 aromatic rings. The topological polar surface area (TPSA) is 6.48 Å². The molecule has 2 heteroatoms. The van der Waals surface area contributed by atoms with Crippen LogP contribution in [0.15, 0.2) is 175 Å². The van der Waals surface area contributed by atoms with Gasteiger partial charge in [-0.05, 0) is 106 Å². The van der Waals surface area contributed by atoms with E-state index in [0.29, 0.717) is 0 Å². The second-order valence-electron chi connectivity index (χ2n) is 13.4. The van der Waals surface area contributed by atoms with Crippen molar-refractivity contribution in [1.82, 2.24) is 0 Å². The van der Waals surface area contributed by atoms with Gasteiger partial charge in [-0.3, -0.25) is 0 Å². The van der Waals surface area contributed by atoms with Crippen LogP contribution >= 0.6 is 0 Å². The highest BCUT2D eigenvalue weighted by Crippen LogP contribution is 2.59. The van der Waals surface area contributed by atoms with E-state index in [0.717, 1.165) is 12.8 Å². The van der Waals surface area contributed by atoms with Gasteiger partial charge in [-0.25, -0.2) is 0 Å². The lowest BCUT2D eigenvalue weighted by molar-refractivity contribution is 0.493. The minimum absolute atomic E-state index is 0.0974. The summed E-state index contributed by atoms with van der Waals surface area (Å²) in [5, 5.41) is 5.09. The third-order valence-electron chi connectivity index (χ3n) is 10.9. The Morgan fingerprint density at radius 1 is 0.617 bits per heavy atom. The molecule has 0 aromatic heterocycles. The summed E-state index contributed by atoms with van der Waals surface area (Å²) in [6.45, 7) is 2.49. The van der Waals surface area contributed by atoms with E-state index in [-0.39, 0.29) is 11.6 Å². The molecule has 2 heterocycles. The van der Waals surface area contributed by atoms with Crippen molar-refractivity contribution in [3.63, 3.8) is 0 Å². The first kappa shape index (κ1) is 26.6. The number of hydrogen-bond donors (Lipinski definition) is 0. The van der Waals surface area contributed by atoms with Crippen molar-refractivity contribution >= 4 is 44.2 Å². The Bertz CT molecular complexity index is 2390. The Hall–Kier alpha value is -5.60. The molecule has 2 aliphatic heterocycles. The SMILES string of the molecule is CC12C(=CC=C3c4ccccc4N(c4ccc5ccccc5c4)C31)C1=C(CCC=C1)N2c1ccc(-c2ccc3ccccc3c2)cc1. The molecule has 6 aromatic carbocycles. The molecule has 2 unspecified atom stereocenters. The molecule has 224 valence electrons. The molecule has 0 spiro atoms. The number of nitrogens with zero attached hydrogens (tertiary/aromatic N) is 2. The van der Waals surface area contributed by atoms with Crippen LogP contribution in [0.5, 0.6) is 0 Å². The average Bonchev–Trinajstić information content (AvgIpc) is 3.61. The first-order valence-corrected chi connectivity index (χ1v) is 16.8. The molecule has 4 aliphatic rings. The summed E-state index contributed by atoms with van der Waals surface area (Å²) in [6.07, 6.45) is 11.7. The zero-order chi connectivity index (χ0) is 31.1. The van der Waals surface area contributed by atoms with E-state index in [1.165, 1.54) is 77.7 Å². The minimum Gasteiger partial charge on any atom is -0.332 e. The van der Waals surface area contributed by atoms with Crippen molar-refractivity contribution in [3.8, 4) is 11.1 Å². The predicted molar refractivity (Wildman–Crippen MR) is 198 cm³/mol. The normalized spacial score (nSPS) is 21.0. The van der Waals surface area contributed by atoms with Crippen LogP contribution in [-0.4, -0.2) is 11.6 Å². The van der Waals surface area contributed by atoms with Crippen LogP contribution < -0.4 is 9.80 Å². The van der Waals surface area contributed by atoms with Gasteiger partial charge in [-0.1, -0.05) is 121 Å². The molecule has 2 aliphatic carbocycles. The van der Waals surface area contributed by atoms with E-state index in [1.807, 2.05) is 0 Å². The Kier molecular flexibility index (Phi) is 5.63. The highest BCUT2D eigenvalue weighted by Gasteiger charge is 2.57. The van der Waals surface area contributed by atoms with Crippen LogP contribution in [0, 0.1) is 0 Å². The van der Waals surface area contributed by atoms with Crippen molar-refractivity contribution < 1.29 is 0 Å². The molecule has 0 saturated carbocycles. The molecule has 0 amide bonds. The fraction of sp³-hybridized carbons (Fsp3) is 0.111. The van der Waals surface area contributed by atoms with Gasteiger partial charge < -0.3 is 9.80 Å². The molecular formula is C45H34N2. The number of rotatable bonds is 3. The number of allylic oxidation sites excluding steroid dienone is 5. The third-order valence-corrected chi connectivity index (χ3v) is 10.9. The van der Waals surface area contributed by atoms with Gasteiger partial charge >= 0.3 is 0 Å². The number of para-hydroxylation sites is 1. The monoisotopic (exact) mass is 602 g/mol. The van der Waals surface area contributed by atoms with E-state index in [2.05, 4.69) is 174 Å². The standard InChI is InChI=1S/C45H34N2/c1-45-41(27-26-39-38-14-6-8-16-42(38)46(44(39)45)37-25-22-31-11-3-5-13-34(31)29-37)40-15-7-9-17-43(40)47(45)36-23-20-32(21-24-36)35-19-18-30-10-2-4-12-33(30)28-35/h2-8,10-16,18-29,44H,9,17H2,1H3. The lowest BCUT2D eigenvalue weighted by Gasteiger charge is -2.49. The Labute approximate surface area is 275 Å². The summed E-state index contributed by atoms with van der Waals surface area (Å²) in [7, 11) is 0. The molecule has 0 radical (unpaired) electrons. The molecule has 2 atom stereocenters. The number of fused-ring (bicyclic) bond motifs is 8. The molecule has 0 bridgehead atoms. The van der Waals surface area contributed by atoms with Gasteiger partial charge in [0.15, 0.2) is 0 Å². The van der Waals surface area contributed by atoms with Crippen LogP contribution in [0.2, 0.25) is 0 Å². The fourth-order valence-electron chi connectivity index (χ4n) is 8.80. The maximum Gasteiger partial charge on any atom is 0.0926 e. The first-order chi connectivity index (χ1) is 23.2. The molecule has 2 nitrogen and oxygen atoms in total. The summed E-state index contributed by atoms with van der Waals surface area (Å²) >= 11 is 0. The van der Waals surface area contributed by atoms with E-state index in [1.54, 1.807) is 0 Å². The summed E-state index contributed by atoms with van der Waals surface area (Å²) in [6, 6.07) is 49.5. The lowest BCUT2D eigenvalue weighted by atomic mass is 9.74. The fourth-order valence-corrected chi connectivity index (χ4v) is 8.80. The number of hydrogen-bond acceptors (Lipinski definition) is 2. The van der Waals surface area contributed by atoms with Gasteiger partial charge in [0.25, 0.3) is 0 Å². The van der Waals surface area contributed by atoms with Gasteiger partial charge in [-0.15, -0.1) is 0 Å². The first-order valence-electron chi connectivity index (χ1n) is 16.8. The average molecular weight is 603 g/mol. The maximum atomic E-state index is 2.69. The zero-order valence-corrected chi connectivity index (χ0v) is 26.4. The quantitative estimate of drug-likeness (QED) is 0.199. The molecule has 10 rings (SSSR count). The van der Waals surface area contributed by atoms with E-state index < -0.39 is 0 Å². The molecular weight excluding hydrogens is 569 g/mol. The maximum absolute atomic E-state index is 2.69. The smallest absolute Gasteiger partial charge is 0.0926 e. The van der Waals surface area contributed by atoms with Crippen LogP contribution in [0.1, 0.15) is 25.3 Å². The van der Waals surface area contributed by atoms with E-state index >= 15 is 0 Å². The minimum atomic E-state index is -0.321. The molecule has 47 heavy (non-hydrogen) atoms. The second kappa shape index (κ2) is 9.95.